The number of thioether (sulfide) groups is 1. The molecule has 1 N–H and O–H groups in total. The summed E-state index contributed by atoms with van der Waals surface area (Å²) < 4.78 is 0. The Balaban J connectivity index is 3.48. The fourth-order valence-electron chi connectivity index (χ4n) is 1.64. The molecule has 0 aromatic heterocycles. The van der Waals surface area contributed by atoms with Crippen LogP contribution >= 0.6 is 19.7 Å². The average Bonchev–Trinajstić information content (AvgIpc) is 2.31. The molecule has 16 heavy (non-hydrogen) atoms. The summed E-state index contributed by atoms with van der Waals surface area (Å²) in [7, 11) is 0.337. The van der Waals surface area contributed by atoms with Crippen LogP contribution in [-0.2, 0) is 0 Å². The average molecular weight is 263 g/mol. The molecule has 0 heterocycles. The lowest BCUT2D eigenvalue weighted by molar-refractivity contribution is 0.768. The highest BCUT2D eigenvalue weighted by Crippen LogP contribution is 2.36. The molecular weight excluding hydrogens is 233 g/mol. The van der Waals surface area contributed by atoms with E-state index in [1.165, 1.54) is 63.0 Å². The van der Waals surface area contributed by atoms with Crippen molar-refractivity contribution in [1.82, 2.24) is 5.32 Å². The van der Waals surface area contributed by atoms with Gasteiger partial charge in [-0.1, -0.05) is 26.7 Å². The molecule has 0 radical (unpaired) electrons. The summed E-state index contributed by atoms with van der Waals surface area (Å²) in [6, 6.07) is 0. The third kappa shape index (κ3) is 11.2. The zero-order chi connectivity index (χ0) is 12.1. The van der Waals surface area contributed by atoms with Crippen molar-refractivity contribution in [2.45, 2.75) is 39.5 Å². The van der Waals surface area contributed by atoms with Crippen molar-refractivity contribution < 1.29 is 0 Å². The first kappa shape index (κ1) is 16.7. The second-order valence-electron chi connectivity index (χ2n) is 4.29. The highest BCUT2D eigenvalue weighted by Gasteiger charge is 2.06. The third-order valence-corrected chi connectivity index (χ3v) is 6.11. The number of nitrogens with one attached hydrogen (secondary N) is 1. The fourth-order valence-corrected chi connectivity index (χ4v) is 4.66. The van der Waals surface area contributed by atoms with Crippen molar-refractivity contribution in [3.8, 4) is 0 Å². The van der Waals surface area contributed by atoms with Crippen molar-refractivity contribution in [1.29, 1.82) is 0 Å². The first-order chi connectivity index (χ1) is 7.85. The molecule has 0 aromatic rings. The molecule has 0 fully saturated rings. The van der Waals surface area contributed by atoms with E-state index in [-0.39, 0.29) is 0 Å². The van der Waals surface area contributed by atoms with Crippen molar-refractivity contribution in [3.05, 3.63) is 0 Å². The monoisotopic (exact) mass is 263 g/mol. The lowest BCUT2D eigenvalue weighted by Crippen LogP contribution is -2.21. The first-order valence-corrected chi connectivity index (χ1v) is 10.1. The summed E-state index contributed by atoms with van der Waals surface area (Å²) in [6.07, 6.45) is 12.3. The van der Waals surface area contributed by atoms with Crippen LogP contribution in [0, 0.1) is 0 Å². The van der Waals surface area contributed by atoms with Crippen LogP contribution < -0.4 is 5.32 Å². The highest BCUT2D eigenvalue weighted by molar-refractivity contribution is 7.98. The Kier molecular flexibility index (Phi) is 14.4. The van der Waals surface area contributed by atoms with E-state index < -0.39 is 0 Å². The van der Waals surface area contributed by atoms with Gasteiger partial charge in [0.1, 0.15) is 0 Å². The minimum absolute atomic E-state index is 0.337. The quantitative estimate of drug-likeness (QED) is 0.421. The Morgan fingerprint density at radius 3 is 2.06 bits per heavy atom. The molecule has 0 aromatic carbocycles. The normalized spacial score (nSPS) is 11.2. The molecule has 0 aliphatic carbocycles. The number of hydrogen-bond donors (Lipinski definition) is 1. The van der Waals surface area contributed by atoms with E-state index in [4.69, 9.17) is 0 Å². The summed E-state index contributed by atoms with van der Waals surface area (Å²) in [4.78, 5) is 0. The second-order valence-corrected chi connectivity index (χ2v) is 7.96. The summed E-state index contributed by atoms with van der Waals surface area (Å²) in [5.41, 5.74) is 0. The summed E-state index contributed by atoms with van der Waals surface area (Å²) >= 11 is 1.93. The van der Waals surface area contributed by atoms with Gasteiger partial charge in [-0.25, -0.2) is 0 Å². The predicted octanol–water partition coefficient (Wildman–Crippen LogP) is 4.02. The van der Waals surface area contributed by atoms with Crippen LogP contribution in [0.4, 0.5) is 0 Å². The van der Waals surface area contributed by atoms with E-state index >= 15 is 0 Å². The second kappa shape index (κ2) is 13.8. The van der Waals surface area contributed by atoms with Crippen LogP contribution in [0.5, 0.6) is 0 Å². The van der Waals surface area contributed by atoms with Gasteiger partial charge in [-0.05, 0) is 44.1 Å². The molecule has 3 heteroatoms. The fraction of sp³-hybridized carbons (Fsp3) is 1.00. The van der Waals surface area contributed by atoms with E-state index in [0.717, 1.165) is 0 Å². The van der Waals surface area contributed by atoms with Crippen LogP contribution in [0.3, 0.4) is 0 Å². The Bertz CT molecular complexity index is 125. The summed E-state index contributed by atoms with van der Waals surface area (Å²) in [5.74, 6) is 1.25. The molecule has 0 aliphatic rings. The molecule has 0 spiro atoms. The van der Waals surface area contributed by atoms with Gasteiger partial charge in [0, 0.05) is 12.3 Å². The van der Waals surface area contributed by atoms with Crippen LogP contribution in [-0.4, -0.2) is 43.6 Å². The first-order valence-electron chi connectivity index (χ1n) is 6.77. The standard InChI is InChI=1S/C13H30NPS/c1-4-6-10-15(11-7-5-2)12-8-14-9-13-16-3/h14H,4-13H2,1-3H3. The maximum atomic E-state index is 3.57. The molecule has 0 aliphatic heterocycles. The van der Waals surface area contributed by atoms with E-state index in [9.17, 15) is 0 Å². The molecule has 0 bridgehead atoms. The van der Waals surface area contributed by atoms with Gasteiger partial charge in [0.05, 0.1) is 0 Å². The minimum Gasteiger partial charge on any atom is -0.316 e. The lowest BCUT2D eigenvalue weighted by atomic mass is 10.4. The van der Waals surface area contributed by atoms with Gasteiger partial charge in [-0.2, -0.15) is 11.8 Å². The molecule has 0 saturated heterocycles. The Morgan fingerprint density at radius 2 is 1.56 bits per heavy atom. The largest absolute Gasteiger partial charge is 0.316 e. The van der Waals surface area contributed by atoms with Crippen molar-refractivity contribution in [3.63, 3.8) is 0 Å². The molecule has 0 amide bonds. The molecule has 1 nitrogen and oxygen atoms in total. The molecule has 0 rings (SSSR count). The lowest BCUT2D eigenvalue weighted by Gasteiger charge is -2.17. The smallest absolute Gasteiger partial charge is 0.00553 e. The number of unbranched alkanes of at least 4 members (excludes halogenated alkanes) is 2. The molecule has 98 valence electrons. The van der Waals surface area contributed by atoms with Crippen LogP contribution in [0.2, 0.25) is 0 Å². The van der Waals surface area contributed by atoms with E-state index in [1.807, 2.05) is 11.8 Å². The van der Waals surface area contributed by atoms with E-state index in [2.05, 4.69) is 25.4 Å². The maximum absolute atomic E-state index is 3.57. The highest BCUT2D eigenvalue weighted by atomic mass is 32.2. The molecule has 0 atom stereocenters. The minimum atomic E-state index is 0.337. The zero-order valence-electron chi connectivity index (χ0n) is 11.4. The SMILES string of the molecule is CCCCP(CCCC)CCNCCSC. The van der Waals surface area contributed by atoms with E-state index in [1.54, 1.807) is 0 Å². The van der Waals surface area contributed by atoms with Crippen LogP contribution in [0.15, 0.2) is 0 Å². The van der Waals surface area contributed by atoms with Gasteiger partial charge in [0.2, 0.25) is 0 Å². The Hall–Kier alpha value is 0.740. The van der Waals surface area contributed by atoms with Crippen molar-refractivity contribution >= 4 is 19.7 Å². The predicted molar refractivity (Wildman–Crippen MR) is 82.6 cm³/mol. The van der Waals surface area contributed by atoms with Gasteiger partial charge >= 0.3 is 0 Å². The molecule has 0 saturated carbocycles. The van der Waals surface area contributed by atoms with Crippen molar-refractivity contribution in [2.75, 3.05) is 43.6 Å². The van der Waals surface area contributed by atoms with Gasteiger partial charge in [0.25, 0.3) is 0 Å². The zero-order valence-corrected chi connectivity index (χ0v) is 13.1. The summed E-state index contributed by atoms with van der Waals surface area (Å²) in [6.45, 7) is 7.06. The van der Waals surface area contributed by atoms with Crippen LogP contribution in [0.1, 0.15) is 39.5 Å². The Morgan fingerprint density at radius 1 is 0.938 bits per heavy atom. The maximum Gasteiger partial charge on any atom is 0.00553 e. The topological polar surface area (TPSA) is 12.0 Å². The molecule has 0 unspecified atom stereocenters. The van der Waals surface area contributed by atoms with E-state index in [0.29, 0.717) is 7.92 Å². The number of rotatable bonds is 12. The van der Waals surface area contributed by atoms with Gasteiger partial charge in [-0.15, -0.1) is 7.92 Å². The molecular formula is C13H30NPS. The number of hydrogen-bond acceptors (Lipinski definition) is 2. The van der Waals surface area contributed by atoms with Gasteiger partial charge in [0.15, 0.2) is 0 Å². The van der Waals surface area contributed by atoms with Gasteiger partial charge < -0.3 is 5.32 Å². The van der Waals surface area contributed by atoms with Crippen LogP contribution in [0.25, 0.3) is 0 Å². The summed E-state index contributed by atoms with van der Waals surface area (Å²) in [5, 5.41) is 3.57. The van der Waals surface area contributed by atoms with Gasteiger partial charge in [-0.3, -0.25) is 0 Å². The Labute approximate surface area is 108 Å². The third-order valence-electron chi connectivity index (χ3n) is 2.74. The van der Waals surface area contributed by atoms with Crippen molar-refractivity contribution in [2.24, 2.45) is 0 Å².